The van der Waals surface area contributed by atoms with E-state index in [0.29, 0.717) is 5.56 Å². The van der Waals surface area contributed by atoms with Crippen molar-refractivity contribution >= 4 is 15.7 Å². The second kappa shape index (κ2) is 6.49. The maximum Gasteiger partial charge on any atom is 0.335 e. The summed E-state index contributed by atoms with van der Waals surface area (Å²) in [4.78, 5) is 12.3. The molecule has 0 spiro atoms. The third-order valence-corrected chi connectivity index (χ3v) is 4.07. The highest BCUT2D eigenvalue weighted by atomic mass is 32.2. The van der Waals surface area contributed by atoms with Crippen LogP contribution >= 0.6 is 0 Å². The highest BCUT2D eigenvalue weighted by Gasteiger charge is 2.27. The fourth-order valence-electron chi connectivity index (χ4n) is 1.94. The third-order valence-electron chi connectivity index (χ3n) is 3.27. The molecule has 0 saturated heterocycles. The number of carbonyl (C=O) groups excluding carboxylic acids is 1. The zero-order valence-corrected chi connectivity index (χ0v) is 14.2. The number of sulfone groups is 1. The van der Waals surface area contributed by atoms with Gasteiger partial charge < -0.3 is 9.73 Å². The summed E-state index contributed by atoms with van der Waals surface area (Å²) in [6.07, 6.45) is 0.986. The molecule has 1 atom stereocenters. The van der Waals surface area contributed by atoms with E-state index in [1.165, 1.54) is 0 Å². The van der Waals surface area contributed by atoms with E-state index in [4.69, 9.17) is 4.42 Å². The number of benzene rings is 1. The quantitative estimate of drug-likeness (QED) is 0.894. The Morgan fingerprint density at radius 1 is 1.17 bits per heavy atom. The van der Waals surface area contributed by atoms with E-state index in [1.54, 1.807) is 12.1 Å². The van der Waals surface area contributed by atoms with E-state index >= 15 is 0 Å². The number of hydrogen-bond donors (Lipinski definition) is 1. The summed E-state index contributed by atoms with van der Waals surface area (Å²) in [5, 5.41) is 9.63. The highest BCUT2D eigenvalue weighted by Crippen LogP contribution is 2.22. The number of nitrogens with zero attached hydrogens (tertiary/aromatic N) is 2. The molecule has 0 aliphatic carbocycles. The molecule has 0 unspecified atom stereocenters. The van der Waals surface area contributed by atoms with Gasteiger partial charge in [-0.05, 0) is 25.0 Å². The first-order valence-electron chi connectivity index (χ1n) is 7.09. The van der Waals surface area contributed by atoms with Crippen molar-refractivity contribution in [1.29, 1.82) is 0 Å². The Labute approximate surface area is 135 Å². The summed E-state index contributed by atoms with van der Waals surface area (Å²) in [5.41, 5.74) is 1.56. The lowest BCUT2D eigenvalue weighted by molar-refractivity contribution is 0.0915. The van der Waals surface area contributed by atoms with Crippen molar-refractivity contribution in [1.82, 2.24) is 15.5 Å². The summed E-state index contributed by atoms with van der Waals surface area (Å²) in [6, 6.07) is 6.55. The predicted molar refractivity (Wildman–Crippen MR) is 83.6 cm³/mol. The van der Waals surface area contributed by atoms with Crippen molar-refractivity contribution in [3.05, 3.63) is 41.3 Å². The number of hydrogen-bond acceptors (Lipinski definition) is 6. The maximum atomic E-state index is 12.3. The minimum atomic E-state index is -3.58. The fraction of sp³-hybridized carbons (Fsp3) is 0.400. The predicted octanol–water partition coefficient (Wildman–Crippen LogP) is 1.91. The molecular weight excluding hydrogens is 318 g/mol. The van der Waals surface area contributed by atoms with Gasteiger partial charge in [-0.15, -0.1) is 5.10 Å². The van der Waals surface area contributed by atoms with Crippen LogP contribution in [0.2, 0.25) is 0 Å². The Balaban J connectivity index is 2.24. The lowest BCUT2D eigenvalue weighted by atomic mass is 10.0. The molecular formula is C15H19N3O4S. The van der Waals surface area contributed by atoms with E-state index < -0.39 is 21.1 Å². The first kappa shape index (κ1) is 17.1. The smallest absolute Gasteiger partial charge is 0.335 e. The molecule has 124 valence electrons. The van der Waals surface area contributed by atoms with Crippen LogP contribution in [0.4, 0.5) is 0 Å². The Kier molecular flexibility index (Phi) is 4.84. The van der Waals surface area contributed by atoms with E-state index in [1.807, 2.05) is 32.9 Å². The number of aromatic nitrogens is 2. The van der Waals surface area contributed by atoms with Crippen LogP contribution in [0, 0.1) is 12.8 Å². The average molecular weight is 337 g/mol. The monoisotopic (exact) mass is 337 g/mol. The fourth-order valence-corrected chi connectivity index (χ4v) is 2.36. The summed E-state index contributed by atoms with van der Waals surface area (Å²) in [7, 11) is -3.58. The van der Waals surface area contributed by atoms with Crippen molar-refractivity contribution in [2.45, 2.75) is 32.0 Å². The Hall–Kier alpha value is -2.22. The van der Waals surface area contributed by atoms with Gasteiger partial charge in [0.2, 0.25) is 15.7 Å². The molecule has 0 aliphatic rings. The standard InChI is InChI=1S/C15H19N3O4S/c1-9(2)12(14-17-18-15(22-14)23(4,20)21)16-13(19)11-7-5-10(3)6-8-11/h5-9,12H,1-4H3,(H,16,19)/t12-/m0/s1. The second-order valence-electron chi connectivity index (χ2n) is 5.74. The molecule has 8 heteroatoms. The summed E-state index contributed by atoms with van der Waals surface area (Å²) >= 11 is 0. The molecule has 23 heavy (non-hydrogen) atoms. The van der Waals surface area contributed by atoms with Crippen molar-refractivity contribution in [3.8, 4) is 0 Å². The minimum Gasteiger partial charge on any atom is -0.410 e. The first-order valence-corrected chi connectivity index (χ1v) is 8.98. The molecule has 0 saturated carbocycles. The van der Waals surface area contributed by atoms with E-state index in [9.17, 15) is 13.2 Å². The van der Waals surface area contributed by atoms with Crippen LogP contribution < -0.4 is 5.32 Å². The molecule has 7 nitrogen and oxygen atoms in total. The topological polar surface area (TPSA) is 102 Å². The van der Waals surface area contributed by atoms with Gasteiger partial charge in [-0.2, -0.15) is 0 Å². The maximum absolute atomic E-state index is 12.3. The van der Waals surface area contributed by atoms with Gasteiger partial charge in [0.15, 0.2) is 0 Å². The van der Waals surface area contributed by atoms with Gasteiger partial charge in [-0.3, -0.25) is 4.79 Å². The van der Waals surface area contributed by atoms with Gasteiger partial charge in [0, 0.05) is 11.8 Å². The van der Waals surface area contributed by atoms with Crippen LogP contribution in [0.5, 0.6) is 0 Å². The van der Waals surface area contributed by atoms with Crippen LogP contribution in [0.3, 0.4) is 0 Å². The molecule has 1 amide bonds. The van der Waals surface area contributed by atoms with Crippen LogP contribution in [0.1, 0.15) is 41.7 Å². The molecule has 2 rings (SSSR count). The molecule has 1 aromatic heterocycles. The summed E-state index contributed by atoms with van der Waals surface area (Å²) < 4.78 is 28.1. The SMILES string of the molecule is Cc1ccc(C(=O)N[C@H](c2nnc(S(C)(=O)=O)o2)C(C)C)cc1. The van der Waals surface area contributed by atoms with Gasteiger partial charge in [0.25, 0.3) is 5.91 Å². The normalized spacial score (nSPS) is 13.1. The van der Waals surface area contributed by atoms with Gasteiger partial charge in [-0.1, -0.05) is 36.6 Å². The molecule has 0 fully saturated rings. The Morgan fingerprint density at radius 2 is 1.78 bits per heavy atom. The second-order valence-corrected chi connectivity index (χ2v) is 7.63. The Bertz CT molecular complexity index is 794. The lowest BCUT2D eigenvalue weighted by Gasteiger charge is -2.18. The van der Waals surface area contributed by atoms with Crippen molar-refractivity contribution in [2.75, 3.05) is 6.26 Å². The van der Waals surface area contributed by atoms with Gasteiger partial charge in [0.1, 0.15) is 6.04 Å². The summed E-state index contributed by atoms with van der Waals surface area (Å²) in [6.45, 7) is 5.67. The molecule has 0 bridgehead atoms. The highest BCUT2D eigenvalue weighted by molar-refractivity contribution is 7.90. The number of amides is 1. The molecule has 2 aromatic rings. The van der Waals surface area contributed by atoms with Crippen molar-refractivity contribution in [3.63, 3.8) is 0 Å². The van der Waals surface area contributed by atoms with Gasteiger partial charge >= 0.3 is 5.22 Å². The zero-order valence-electron chi connectivity index (χ0n) is 13.4. The minimum absolute atomic E-state index is 0.0581. The van der Waals surface area contributed by atoms with Crippen LogP contribution in [-0.4, -0.2) is 30.8 Å². The van der Waals surface area contributed by atoms with Crippen LogP contribution in [0.25, 0.3) is 0 Å². The molecule has 1 heterocycles. The van der Waals surface area contributed by atoms with E-state index in [0.717, 1.165) is 11.8 Å². The van der Waals surface area contributed by atoms with Gasteiger partial charge in [-0.25, -0.2) is 8.42 Å². The largest absolute Gasteiger partial charge is 0.410 e. The zero-order chi connectivity index (χ0) is 17.2. The molecule has 0 radical (unpaired) electrons. The number of carbonyl (C=O) groups is 1. The molecule has 0 aliphatic heterocycles. The number of aryl methyl sites for hydroxylation is 1. The van der Waals surface area contributed by atoms with E-state index in [2.05, 4.69) is 15.5 Å². The van der Waals surface area contributed by atoms with Crippen molar-refractivity contribution in [2.24, 2.45) is 5.92 Å². The molecule has 1 aromatic carbocycles. The van der Waals surface area contributed by atoms with Gasteiger partial charge in [0.05, 0.1) is 0 Å². The van der Waals surface area contributed by atoms with E-state index in [-0.39, 0.29) is 17.7 Å². The van der Waals surface area contributed by atoms with Crippen LogP contribution in [0.15, 0.2) is 33.9 Å². The van der Waals surface area contributed by atoms with Crippen LogP contribution in [-0.2, 0) is 9.84 Å². The molecule has 1 N–H and O–H groups in total. The lowest BCUT2D eigenvalue weighted by Crippen LogP contribution is -2.32. The van der Waals surface area contributed by atoms with Crippen molar-refractivity contribution < 1.29 is 17.6 Å². The first-order chi connectivity index (χ1) is 10.7. The number of nitrogens with one attached hydrogen (secondary N) is 1. The third kappa shape index (κ3) is 4.16. The summed E-state index contributed by atoms with van der Waals surface area (Å²) in [5.74, 6) is -0.277. The average Bonchev–Trinajstić information content (AvgIpc) is 2.94. The number of rotatable bonds is 5. The Morgan fingerprint density at radius 3 is 2.26 bits per heavy atom.